The average molecular weight is 255 g/mol. The fourth-order valence-electron chi connectivity index (χ4n) is 1.62. The van der Waals surface area contributed by atoms with E-state index in [9.17, 15) is 0 Å². The van der Waals surface area contributed by atoms with Crippen LogP contribution in [0.1, 0.15) is 23.7 Å². The molecule has 1 aliphatic heterocycles. The summed E-state index contributed by atoms with van der Waals surface area (Å²) in [5.74, 6) is 0.438. The number of nitrogens with two attached hydrogens (primary N) is 1. The van der Waals surface area contributed by atoms with Crippen molar-refractivity contribution in [1.29, 1.82) is 5.26 Å². The minimum atomic E-state index is 0.0518. The number of anilines is 2. The van der Waals surface area contributed by atoms with Crippen LogP contribution in [0.25, 0.3) is 0 Å². The number of nitrogens with zero attached hydrogens (tertiary/aromatic N) is 3. The van der Waals surface area contributed by atoms with Crippen molar-refractivity contribution in [2.75, 3.05) is 23.7 Å². The molecule has 0 radical (unpaired) electrons. The molecular weight excluding hydrogens is 243 g/mol. The fourth-order valence-corrected chi connectivity index (χ4v) is 3.37. The van der Waals surface area contributed by atoms with Gasteiger partial charge in [0.15, 0.2) is 0 Å². The molecule has 1 aromatic rings. The van der Waals surface area contributed by atoms with Crippen LogP contribution < -0.4 is 10.6 Å². The predicted molar refractivity (Wildman–Crippen MR) is 56.4 cm³/mol. The molecular formula is C9H12N4Se. The van der Waals surface area contributed by atoms with E-state index in [0.717, 1.165) is 17.8 Å². The number of hydrogen-bond donors (Lipinski definition) is 1. The molecule has 1 aromatic heterocycles. The molecule has 1 aliphatic rings. The first-order valence-electron chi connectivity index (χ1n) is 4.72. The summed E-state index contributed by atoms with van der Waals surface area (Å²) < 4.78 is 1.73. The van der Waals surface area contributed by atoms with E-state index in [1.54, 1.807) is 0 Å². The summed E-state index contributed by atoms with van der Waals surface area (Å²) in [5.41, 5.74) is 5.65. The SMILES string of the molecule is N#Cc1[se]c(N2CCCCC2)nc1N. The van der Waals surface area contributed by atoms with Gasteiger partial charge < -0.3 is 0 Å². The van der Waals surface area contributed by atoms with Gasteiger partial charge in [-0.1, -0.05) is 0 Å². The van der Waals surface area contributed by atoms with Gasteiger partial charge in [0.05, 0.1) is 0 Å². The Hall–Kier alpha value is -0.981. The van der Waals surface area contributed by atoms with Gasteiger partial charge in [-0.25, -0.2) is 0 Å². The van der Waals surface area contributed by atoms with Crippen molar-refractivity contribution < 1.29 is 0 Å². The Bertz CT molecular complexity index is 359. The zero-order valence-corrected chi connectivity index (χ0v) is 9.58. The predicted octanol–water partition coefficient (Wildman–Crippen LogP) is 0.583. The molecule has 0 saturated carbocycles. The summed E-state index contributed by atoms with van der Waals surface area (Å²) in [7, 11) is 0. The van der Waals surface area contributed by atoms with Crippen LogP contribution in [0.5, 0.6) is 0 Å². The van der Waals surface area contributed by atoms with Crippen LogP contribution in [0.15, 0.2) is 0 Å². The Balaban J connectivity index is 2.19. The molecule has 2 heterocycles. The quantitative estimate of drug-likeness (QED) is 0.745. The molecule has 14 heavy (non-hydrogen) atoms. The van der Waals surface area contributed by atoms with Gasteiger partial charge in [0.25, 0.3) is 0 Å². The number of aromatic nitrogens is 1. The number of hydrogen-bond acceptors (Lipinski definition) is 4. The molecule has 2 rings (SSSR count). The van der Waals surface area contributed by atoms with Crippen molar-refractivity contribution in [3.63, 3.8) is 0 Å². The van der Waals surface area contributed by atoms with Gasteiger partial charge in [-0.3, -0.25) is 0 Å². The van der Waals surface area contributed by atoms with Crippen molar-refractivity contribution in [3.05, 3.63) is 4.44 Å². The molecule has 2 N–H and O–H groups in total. The van der Waals surface area contributed by atoms with E-state index in [2.05, 4.69) is 16.0 Å². The van der Waals surface area contributed by atoms with E-state index in [0.29, 0.717) is 10.3 Å². The van der Waals surface area contributed by atoms with Gasteiger partial charge in [-0.05, 0) is 0 Å². The average Bonchev–Trinajstić information content (AvgIpc) is 2.61. The Labute approximate surface area is 89.1 Å². The van der Waals surface area contributed by atoms with Crippen molar-refractivity contribution >= 4 is 25.0 Å². The summed E-state index contributed by atoms with van der Waals surface area (Å²) in [6.45, 7) is 2.15. The fraction of sp³-hybridized carbons (Fsp3) is 0.556. The van der Waals surface area contributed by atoms with E-state index < -0.39 is 0 Å². The number of nitriles is 1. The number of piperidine rings is 1. The molecule has 0 unspecified atom stereocenters. The van der Waals surface area contributed by atoms with E-state index in [1.807, 2.05) is 0 Å². The molecule has 1 saturated heterocycles. The summed E-state index contributed by atoms with van der Waals surface area (Å²) in [4.78, 5) is 6.55. The van der Waals surface area contributed by atoms with Crippen LogP contribution in [0.3, 0.4) is 0 Å². The van der Waals surface area contributed by atoms with Crippen LogP contribution >= 0.6 is 0 Å². The monoisotopic (exact) mass is 256 g/mol. The van der Waals surface area contributed by atoms with Crippen molar-refractivity contribution in [3.8, 4) is 6.07 Å². The summed E-state index contributed by atoms with van der Waals surface area (Å²) in [5, 5.41) is 8.79. The van der Waals surface area contributed by atoms with E-state index in [4.69, 9.17) is 11.0 Å². The molecule has 0 aromatic carbocycles. The third kappa shape index (κ3) is 1.77. The molecule has 0 bridgehead atoms. The summed E-state index contributed by atoms with van der Waals surface area (Å²) in [6.07, 6.45) is 3.78. The molecule has 4 nitrogen and oxygen atoms in total. The van der Waals surface area contributed by atoms with Gasteiger partial charge in [0.2, 0.25) is 0 Å². The second-order valence-electron chi connectivity index (χ2n) is 3.37. The standard InChI is InChI=1S/C9H12N4Se/c10-6-7-8(11)12-9(14-7)13-4-2-1-3-5-13/h1-5,11H2. The van der Waals surface area contributed by atoms with Crippen LogP contribution in [0.4, 0.5) is 10.5 Å². The molecule has 0 aliphatic carbocycles. The topological polar surface area (TPSA) is 65.9 Å². The van der Waals surface area contributed by atoms with Crippen LogP contribution in [-0.2, 0) is 0 Å². The zero-order chi connectivity index (χ0) is 9.97. The number of rotatable bonds is 1. The summed E-state index contributed by atoms with van der Waals surface area (Å²) >= 11 is 0.0518. The Morgan fingerprint density at radius 2 is 2.07 bits per heavy atom. The van der Waals surface area contributed by atoms with Crippen LogP contribution in [0, 0.1) is 11.3 Å². The Morgan fingerprint density at radius 3 is 2.64 bits per heavy atom. The Morgan fingerprint density at radius 1 is 1.36 bits per heavy atom. The number of nitrogen functional groups attached to an aromatic ring is 1. The molecule has 0 spiro atoms. The van der Waals surface area contributed by atoms with Crippen LogP contribution in [-0.4, -0.2) is 32.6 Å². The first-order valence-corrected chi connectivity index (χ1v) is 6.44. The first-order chi connectivity index (χ1) is 6.81. The maximum atomic E-state index is 8.79. The minimum absolute atomic E-state index is 0.0518. The normalized spacial score (nSPS) is 16.6. The van der Waals surface area contributed by atoms with Crippen LogP contribution in [0.2, 0.25) is 0 Å². The molecule has 5 heteroatoms. The van der Waals surface area contributed by atoms with Crippen molar-refractivity contribution in [1.82, 2.24) is 4.98 Å². The third-order valence-electron chi connectivity index (χ3n) is 2.37. The van der Waals surface area contributed by atoms with E-state index in [1.165, 1.54) is 19.3 Å². The Kier molecular flexibility index (Phi) is 2.76. The van der Waals surface area contributed by atoms with E-state index in [-0.39, 0.29) is 14.5 Å². The third-order valence-corrected chi connectivity index (χ3v) is 4.55. The maximum absolute atomic E-state index is 8.79. The van der Waals surface area contributed by atoms with Gasteiger partial charge in [-0.15, -0.1) is 0 Å². The van der Waals surface area contributed by atoms with Crippen molar-refractivity contribution in [2.45, 2.75) is 19.3 Å². The van der Waals surface area contributed by atoms with E-state index >= 15 is 0 Å². The molecule has 74 valence electrons. The molecule has 0 atom stereocenters. The van der Waals surface area contributed by atoms with Crippen molar-refractivity contribution in [2.24, 2.45) is 0 Å². The van der Waals surface area contributed by atoms with Gasteiger partial charge in [-0.2, -0.15) is 0 Å². The zero-order valence-electron chi connectivity index (χ0n) is 7.86. The van der Waals surface area contributed by atoms with Gasteiger partial charge in [0, 0.05) is 0 Å². The molecule has 1 fully saturated rings. The van der Waals surface area contributed by atoms with Gasteiger partial charge in [0.1, 0.15) is 0 Å². The second-order valence-corrected chi connectivity index (χ2v) is 5.42. The molecule has 0 amide bonds. The van der Waals surface area contributed by atoms with Gasteiger partial charge >= 0.3 is 88.8 Å². The second kappa shape index (κ2) is 4.03. The first kappa shape index (κ1) is 9.57. The summed E-state index contributed by atoms with van der Waals surface area (Å²) in [6, 6.07) is 2.12.